The van der Waals surface area contributed by atoms with Crippen molar-refractivity contribution in [2.24, 2.45) is 0 Å². The fraction of sp³-hybridized carbons (Fsp3) is 0.355. The number of nitrogens with zero attached hydrogens (tertiary/aromatic N) is 4. The summed E-state index contributed by atoms with van der Waals surface area (Å²) in [6.07, 6.45) is -1.31. The largest absolute Gasteiger partial charge is 0.416 e. The molecule has 2 saturated heterocycles. The van der Waals surface area contributed by atoms with Gasteiger partial charge < -0.3 is 19.9 Å². The van der Waals surface area contributed by atoms with Crippen LogP contribution in [0.1, 0.15) is 32.6 Å². The van der Waals surface area contributed by atoms with Crippen molar-refractivity contribution in [3.05, 3.63) is 88.5 Å². The van der Waals surface area contributed by atoms with Crippen molar-refractivity contribution in [3.63, 3.8) is 0 Å². The Labute approximate surface area is 242 Å². The molecular formula is C31H31F4N5O2. The first-order chi connectivity index (χ1) is 20.2. The lowest BCUT2D eigenvalue weighted by molar-refractivity contribution is -0.138. The van der Waals surface area contributed by atoms with Crippen molar-refractivity contribution in [1.82, 2.24) is 14.8 Å². The second-order valence-electron chi connectivity index (χ2n) is 10.4. The van der Waals surface area contributed by atoms with Crippen LogP contribution < -0.4 is 10.2 Å². The molecule has 1 amide bonds. The minimum absolute atomic E-state index is 0.0306. The van der Waals surface area contributed by atoms with Gasteiger partial charge in [0.2, 0.25) is 0 Å². The highest BCUT2D eigenvalue weighted by molar-refractivity contribution is 6.04. The van der Waals surface area contributed by atoms with Gasteiger partial charge in [-0.25, -0.2) is 4.39 Å². The van der Waals surface area contributed by atoms with Crippen molar-refractivity contribution in [2.75, 3.05) is 69.7 Å². The van der Waals surface area contributed by atoms with Crippen LogP contribution in [0, 0.1) is 17.7 Å². The number of hydrogen-bond acceptors (Lipinski definition) is 6. The van der Waals surface area contributed by atoms with E-state index in [1.165, 1.54) is 24.3 Å². The number of nitrogens with one attached hydrogen (secondary N) is 1. The fourth-order valence-electron chi connectivity index (χ4n) is 4.90. The maximum atomic E-state index is 14.6. The number of pyridine rings is 1. The Hall–Kier alpha value is -3.98. The summed E-state index contributed by atoms with van der Waals surface area (Å²) in [5.74, 6) is 4.35. The van der Waals surface area contributed by atoms with Crippen LogP contribution in [0.4, 0.5) is 28.9 Å². The monoisotopic (exact) mass is 581 g/mol. The molecule has 1 N–H and O–H groups in total. The molecule has 0 saturated carbocycles. The van der Waals surface area contributed by atoms with Crippen LogP contribution in [-0.4, -0.2) is 80.2 Å². The van der Waals surface area contributed by atoms with Crippen molar-refractivity contribution < 1.29 is 27.1 Å². The van der Waals surface area contributed by atoms with Crippen molar-refractivity contribution >= 4 is 17.3 Å². The third-order valence-electron chi connectivity index (χ3n) is 7.33. The second kappa shape index (κ2) is 12.9. The van der Waals surface area contributed by atoms with Crippen molar-refractivity contribution in [1.29, 1.82) is 0 Å². The standard InChI is InChI=1S/C31H31F4N5O2/c1-38-8-10-39(11-9-38)21-25-5-4-24(18-28(25)31(33,34)35)30(41)37-26-6-7-29(32)23(17-26)3-2-22-16-27(20-36-19-22)40-12-14-42-15-13-40/h4-7,16-20H,8-15,21H2,1H3,(H,37,41). The number of rotatable bonds is 5. The summed E-state index contributed by atoms with van der Waals surface area (Å²) in [4.78, 5) is 23.4. The van der Waals surface area contributed by atoms with Crippen LogP contribution in [-0.2, 0) is 17.5 Å². The Bertz CT molecular complexity index is 1490. The predicted molar refractivity (Wildman–Crippen MR) is 152 cm³/mol. The van der Waals surface area contributed by atoms with E-state index in [-0.39, 0.29) is 28.9 Å². The number of alkyl halides is 3. The van der Waals surface area contributed by atoms with Crippen LogP contribution in [0.2, 0.25) is 0 Å². The topological polar surface area (TPSA) is 60.9 Å². The zero-order valence-electron chi connectivity index (χ0n) is 23.2. The lowest BCUT2D eigenvalue weighted by atomic mass is 10.0. The molecule has 3 aromatic rings. The zero-order valence-corrected chi connectivity index (χ0v) is 23.2. The van der Waals surface area contributed by atoms with Gasteiger partial charge in [0.05, 0.1) is 36.2 Å². The highest BCUT2D eigenvalue weighted by atomic mass is 19.4. The average molecular weight is 582 g/mol. The van der Waals surface area contributed by atoms with E-state index in [4.69, 9.17) is 4.74 Å². The first-order valence-electron chi connectivity index (χ1n) is 13.7. The Morgan fingerprint density at radius 2 is 1.74 bits per heavy atom. The SMILES string of the molecule is CN1CCN(Cc2ccc(C(=O)Nc3ccc(F)c(C#Cc4cncc(N5CCOCC5)c4)c3)cc2C(F)(F)F)CC1. The summed E-state index contributed by atoms with van der Waals surface area (Å²) in [6, 6.07) is 9.32. The number of likely N-dealkylation sites (N-methyl/N-ethyl adjacent to an activating group) is 1. The molecule has 7 nitrogen and oxygen atoms in total. The van der Waals surface area contributed by atoms with Crippen LogP contribution in [0.3, 0.4) is 0 Å². The summed E-state index contributed by atoms with van der Waals surface area (Å²) >= 11 is 0. The van der Waals surface area contributed by atoms with Gasteiger partial charge in [-0.3, -0.25) is 14.7 Å². The van der Waals surface area contributed by atoms with Gasteiger partial charge in [0.1, 0.15) is 5.82 Å². The lowest BCUT2D eigenvalue weighted by Gasteiger charge is -2.33. The number of benzene rings is 2. The van der Waals surface area contributed by atoms with E-state index >= 15 is 0 Å². The number of piperazine rings is 1. The lowest BCUT2D eigenvalue weighted by Crippen LogP contribution is -2.44. The van der Waals surface area contributed by atoms with E-state index in [1.807, 2.05) is 18.0 Å². The van der Waals surface area contributed by atoms with Gasteiger partial charge in [-0.15, -0.1) is 0 Å². The molecule has 0 bridgehead atoms. The molecule has 2 aliphatic heterocycles. The van der Waals surface area contributed by atoms with Gasteiger partial charge in [0.15, 0.2) is 0 Å². The minimum atomic E-state index is -4.62. The van der Waals surface area contributed by atoms with Gasteiger partial charge >= 0.3 is 6.18 Å². The Morgan fingerprint density at radius 1 is 0.976 bits per heavy atom. The Morgan fingerprint density at radius 3 is 2.48 bits per heavy atom. The molecule has 42 heavy (non-hydrogen) atoms. The van der Waals surface area contributed by atoms with Crippen LogP contribution in [0.25, 0.3) is 0 Å². The smallest absolute Gasteiger partial charge is 0.378 e. The minimum Gasteiger partial charge on any atom is -0.378 e. The van der Waals surface area contributed by atoms with Gasteiger partial charge in [-0.05, 0) is 49.0 Å². The third kappa shape index (κ3) is 7.45. The predicted octanol–water partition coefficient (Wildman–Crippen LogP) is 4.48. The molecule has 0 aliphatic carbocycles. The van der Waals surface area contributed by atoms with Crippen LogP contribution >= 0.6 is 0 Å². The molecule has 2 aromatic carbocycles. The van der Waals surface area contributed by atoms with Gasteiger partial charge in [-0.1, -0.05) is 17.9 Å². The summed E-state index contributed by atoms with van der Waals surface area (Å²) in [7, 11) is 1.98. The van der Waals surface area contributed by atoms with E-state index in [0.29, 0.717) is 31.9 Å². The van der Waals surface area contributed by atoms with Crippen molar-refractivity contribution in [2.45, 2.75) is 12.7 Å². The molecule has 11 heteroatoms. The van der Waals surface area contributed by atoms with E-state index < -0.39 is 23.5 Å². The first-order valence-corrected chi connectivity index (χ1v) is 13.7. The van der Waals surface area contributed by atoms with Crippen LogP contribution in [0.5, 0.6) is 0 Å². The number of ether oxygens (including phenoxy) is 1. The molecule has 220 valence electrons. The zero-order chi connectivity index (χ0) is 29.7. The number of aromatic nitrogens is 1. The van der Waals surface area contributed by atoms with Crippen LogP contribution in [0.15, 0.2) is 54.9 Å². The second-order valence-corrected chi connectivity index (χ2v) is 10.4. The summed E-state index contributed by atoms with van der Waals surface area (Å²) < 4.78 is 61.8. The maximum Gasteiger partial charge on any atom is 0.416 e. The number of morpholine rings is 1. The number of carbonyl (C=O) groups excluding carboxylic acids is 1. The van der Waals surface area contributed by atoms with Gasteiger partial charge in [-0.2, -0.15) is 13.2 Å². The summed E-state index contributed by atoms with van der Waals surface area (Å²) in [5, 5.41) is 2.57. The average Bonchev–Trinajstić information content (AvgIpc) is 2.99. The van der Waals surface area contributed by atoms with Crippen molar-refractivity contribution in [3.8, 4) is 11.8 Å². The molecule has 2 aliphatic rings. The van der Waals surface area contributed by atoms with E-state index in [1.54, 1.807) is 12.4 Å². The summed E-state index contributed by atoms with van der Waals surface area (Å²) in [5.41, 5.74) is 0.850. The third-order valence-corrected chi connectivity index (χ3v) is 7.33. The molecule has 0 spiro atoms. The number of halogens is 4. The maximum absolute atomic E-state index is 14.6. The molecule has 0 radical (unpaired) electrons. The highest BCUT2D eigenvalue weighted by Crippen LogP contribution is 2.34. The Kier molecular flexibility index (Phi) is 9.06. The summed E-state index contributed by atoms with van der Waals surface area (Å²) in [6.45, 7) is 5.76. The van der Waals surface area contributed by atoms with Gasteiger partial charge in [0.25, 0.3) is 5.91 Å². The van der Waals surface area contributed by atoms with E-state index in [9.17, 15) is 22.4 Å². The fourth-order valence-corrected chi connectivity index (χ4v) is 4.90. The Balaban J connectivity index is 1.31. The number of carbonyl (C=O) groups is 1. The number of anilines is 2. The molecular weight excluding hydrogens is 550 g/mol. The molecule has 1 aromatic heterocycles. The number of hydrogen-bond donors (Lipinski definition) is 1. The first kappa shape index (κ1) is 29.5. The molecule has 2 fully saturated rings. The molecule has 5 rings (SSSR count). The molecule has 0 unspecified atom stereocenters. The van der Waals surface area contributed by atoms with E-state index in [2.05, 4.69) is 31.9 Å². The van der Waals surface area contributed by atoms with Gasteiger partial charge in [0, 0.05) is 68.8 Å². The quantitative estimate of drug-likeness (QED) is 0.355. The number of amides is 1. The molecule has 3 heterocycles. The molecule has 0 atom stereocenters. The normalized spacial score (nSPS) is 16.5. The van der Waals surface area contributed by atoms with E-state index in [0.717, 1.165) is 44.0 Å². The highest BCUT2D eigenvalue weighted by Gasteiger charge is 2.34.